The Morgan fingerprint density at radius 1 is 1.36 bits per heavy atom. The molecule has 1 fully saturated rings. The van der Waals surface area contributed by atoms with Gasteiger partial charge in [-0.2, -0.15) is 0 Å². The van der Waals surface area contributed by atoms with E-state index in [1.54, 1.807) is 0 Å². The number of hydrogen-bond acceptors (Lipinski definition) is 1. The Balaban J connectivity index is 2.29. The molecule has 0 N–H and O–H groups in total. The van der Waals surface area contributed by atoms with Crippen LogP contribution in [0.15, 0.2) is 0 Å². The van der Waals surface area contributed by atoms with Crippen molar-refractivity contribution in [3.63, 3.8) is 0 Å². The maximum absolute atomic E-state index is 12.3. The molecule has 0 unspecified atom stereocenters. The van der Waals surface area contributed by atoms with Crippen LogP contribution in [0.4, 0.5) is 17.3 Å². The lowest BCUT2D eigenvalue weighted by atomic mass is 9.91. The van der Waals surface area contributed by atoms with Gasteiger partial charge in [0, 0.05) is 6.54 Å². The molecule has 0 saturated carbocycles. The van der Waals surface area contributed by atoms with Gasteiger partial charge in [0.15, 0.2) is 0 Å². The predicted molar refractivity (Wildman–Crippen MR) is 35.0 cm³/mol. The van der Waals surface area contributed by atoms with E-state index >= 15 is 0 Å². The first-order valence-corrected chi connectivity index (χ1v) is 3.55. The van der Waals surface area contributed by atoms with Gasteiger partial charge in [0.1, 0.15) is 6.17 Å². The normalized spacial score (nSPS) is 27.8. The molecular formula is C5H9BF4N-. The van der Waals surface area contributed by atoms with Crippen LogP contribution in [-0.2, 0) is 0 Å². The Morgan fingerprint density at radius 3 is 2.36 bits per heavy atom. The van der Waals surface area contributed by atoms with Crippen molar-refractivity contribution in [2.75, 3.05) is 19.5 Å². The fourth-order valence-corrected chi connectivity index (χ4v) is 1.24. The number of likely N-dealkylation sites (tertiary alicyclic amines) is 1. The summed E-state index contributed by atoms with van der Waals surface area (Å²) < 4.78 is 47.5. The number of hydrogen-bond donors (Lipinski definition) is 0. The summed E-state index contributed by atoms with van der Waals surface area (Å²) in [6, 6.07) is 0. The van der Waals surface area contributed by atoms with Crippen LogP contribution in [0.5, 0.6) is 0 Å². The Hall–Kier alpha value is -0.255. The molecule has 1 rings (SSSR count). The van der Waals surface area contributed by atoms with Crippen molar-refractivity contribution in [1.29, 1.82) is 0 Å². The largest absolute Gasteiger partial charge is 0.492 e. The second-order valence-electron chi connectivity index (χ2n) is 2.86. The van der Waals surface area contributed by atoms with Crippen molar-refractivity contribution in [3.8, 4) is 0 Å². The number of halogens is 4. The van der Waals surface area contributed by atoms with E-state index < -0.39 is 19.6 Å². The van der Waals surface area contributed by atoms with Gasteiger partial charge >= 0.3 is 6.98 Å². The van der Waals surface area contributed by atoms with Gasteiger partial charge in [-0.15, -0.1) is 0 Å². The summed E-state index contributed by atoms with van der Waals surface area (Å²) in [5.41, 5.74) is 0. The second kappa shape index (κ2) is 3.01. The first kappa shape index (κ1) is 8.84. The van der Waals surface area contributed by atoms with Crippen LogP contribution >= 0.6 is 0 Å². The third-order valence-electron chi connectivity index (χ3n) is 1.68. The number of rotatable bonds is 2. The van der Waals surface area contributed by atoms with Crippen molar-refractivity contribution >= 4 is 6.98 Å². The van der Waals surface area contributed by atoms with E-state index in [0.717, 1.165) is 4.90 Å². The van der Waals surface area contributed by atoms with E-state index in [2.05, 4.69) is 0 Å². The molecule has 1 aliphatic heterocycles. The summed E-state index contributed by atoms with van der Waals surface area (Å²) in [5, 5.41) is 0. The molecule has 1 saturated heterocycles. The lowest BCUT2D eigenvalue weighted by Gasteiger charge is -2.22. The van der Waals surface area contributed by atoms with Gasteiger partial charge in [-0.3, -0.25) is 0 Å². The van der Waals surface area contributed by atoms with Crippen LogP contribution in [0.2, 0.25) is 0 Å². The first-order chi connectivity index (χ1) is 4.97. The molecule has 66 valence electrons. The Kier molecular flexibility index (Phi) is 2.42. The standard InChI is InChI=1S/C5H9BF4N/c7-5-1-2-11(3-5)4-6(8,9)10/h5H,1-4H2/q-1/t5-/m1/s1. The number of alkyl halides is 1. The maximum Gasteiger partial charge on any atom is 0.492 e. The first-order valence-electron chi connectivity index (χ1n) is 3.55. The van der Waals surface area contributed by atoms with Gasteiger partial charge in [-0.05, 0) is 19.4 Å². The Labute approximate surface area is 62.4 Å². The van der Waals surface area contributed by atoms with Crippen LogP contribution in [0.3, 0.4) is 0 Å². The van der Waals surface area contributed by atoms with Gasteiger partial charge in [0.25, 0.3) is 0 Å². The smallest absolute Gasteiger partial charge is 0.448 e. The van der Waals surface area contributed by atoms with E-state index in [1.165, 1.54) is 0 Å². The zero-order chi connectivity index (χ0) is 8.48. The van der Waals surface area contributed by atoms with Gasteiger partial charge in [-0.1, -0.05) is 0 Å². The van der Waals surface area contributed by atoms with Crippen LogP contribution in [0, 0.1) is 0 Å². The van der Waals surface area contributed by atoms with Crippen LogP contribution in [0.1, 0.15) is 6.42 Å². The third-order valence-corrected chi connectivity index (χ3v) is 1.68. The second-order valence-corrected chi connectivity index (χ2v) is 2.86. The minimum atomic E-state index is -4.78. The summed E-state index contributed by atoms with van der Waals surface area (Å²) in [4.78, 5) is 1.12. The monoisotopic (exact) mass is 170 g/mol. The van der Waals surface area contributed by atoms with E-state index in [0.29, 0.717) is 0 Å². The molecule has 1 nitrogen and oxygen atoms in total. The zero-order valence-corrected chi connectivity index (χ0v) is 5.94. The molecule has 0 bridgehead atoms. The van der Waals surface area contributed by atoms with E-state index in [1.807, 2.05) is 0 Å². The maximum atomic E-state index is 12.3. The molecule has 0 aromatic carbocycles. The quantitative estimate of drug-likeness (QED) is 0.447. The van der Waals surface area contributed by atoms with Crippen LogP contribution in [0.25, 0.3) is 0 Å². The van der Waals surface area contributed by atoms with Gasteiger partial charge in [0.2, 0.25) is 0 Å². The van der Waals surface area contributed by atoms with Crippen molar-refractivity contribution in [2.45, 2.75) is 12.6 Å². The summed E-state index contributed by atoms with van der Waals surface area (Å²) in [6.45, 7) is -4.59. The Morgan fingerprint density at radius 2 is 2.00 bits per heavy atom. The molecule has 0 amide bonds. The van der Waals surface area contributed by atoms with E-state index in [9.17, 15) is 17.3 Å². The fourth-order valence-electron chi connectivity index (χ4n) is 1.24. The SMILES string of the molecule is F[C@@H]1CCN(C[B-](F)(F)F)C1. The highest BCUT2D eigenvalue weighted by molar-refractivity contribution is 6.58. The molecule has 0 aliphatic carbocycles. The predicted octanol–water partition coefficient (Wildman–Crippen LogP) is 1.42. The van der Waals surface area contributed by atoms with E-state index in [-0.39, 0.29) is 19.5 Å². The van der Waals surface area contributed by atoms with Crippen LogP contribution in [-0.4, -0.2) is 37.6 Å². The van der Waals surface area contributed by atoms with Crippen molar-refractivity contribution < 1.29 is 17.3 Å². The fraction of sp³-hybridized carbons (Fsp3) is 1.00. The molecule has 1 heterocycles. The van der Waals surface area contributed by atoms with Gasteiger partial charge < -0.3 is 17.8 Å². The van der Waals surface area contributed by atoms with Gasteiger partial charge in [-0.25, -0.2) is 4.39 Å². The summed E-state index contributed by atoms with van der Waals surface area (Å²) in [7, 11) is 0. The molecule has 1 atom stereocenters. The zero-order valence-electron chi connectivity index (χ0n) is 5.94. The molecule has 0 radical (unpaired) electrons. The average Bonchev–Trinajstić information content (AvgIpc) is 2.10. The average molecular weight is 170 g/mol. The molecular weight excluding hydrogens is 161 g/mol. The molecule has 1 aliphatic rings. The van der Waals surface area contributed by atoms with Gasteiger partial charge in [0.05, 0.1) is 0 Å². The van der Waals surface area contributed by atoms with E-state index in [4.69, 9.17) is 0 Å². The Bertz CT molecular complexity index is 137. The molecule has 0 aromatic heterocycles. The summed E-state index contributed by atoms with van der Waals surface area (Å²) >= 11 is 0. The van der Waals surface area contributed by atoms with Crippen LogP contribution < -0.4 is 0 Å². The molecule has 0 spiro atoms. The molecule has 0 aromatic rings. The molecule has 6 heteroatoms. The van der Waals surface area contributed by atoms with Crippen molar-refractivity contribution in [2.24, 2.45) is 0 Å². The highest BCUT2D eigenvalue weighted by Gasteiger charge is 2.30. The lowest BCUT2D eigenvalue weighted by Crippen LogP contribution is -2.36. The highest BCUT2D eigenvalue weighted by Crippen LogP contribution is 2.17. The summed E-state index contributed by atoms with van der Waals surface area (Å²) in [5.74, 6) is 0. The topological polar surface area (TPSA) is 3.24 Å². The third kappa shape index (κ3) is 3.09. The minimum absolute atomic E-state index is 0.0543. The number of nitrogens with zero attached hydrogens (tertiary/aromatic N) is 1. The lowest BCUT2D eigenvalue weighted by molar-refractivity contribution is 0.290. The molecule has 11 heavy (non-hydrogen) atoms. The van der Waals surface area contributed by atoms with Crippen molar-refractivity contribution in [1.82, 2.24) is 4.90 Å². The summed E-state index contributed by atoms with van der Waals surface area (Å²) in [6.07, 6.45) is -1.74. The van der Waals surface area contributed by atoms with Crippen molar-refractivity contribution in [3.05, 3.63) is 0 Å². The highest BCUT2D eigenvalue weighted by atomic mass is 19.4. The minimum Gasteiger partial charge on any atom is -0.448 e.